The Balaban J connectivity index is 2.35. The standard InChI is InChI=1S/C15H24N2O6/c1-11(18)7-15(21)17-4-6-23-13(10-17)8-12(19)9-14(20)16-3-5-22-2/h13H,3-10H2,1-2H3,(H,16,20). The van der Waals surface area contributed by atoms with Gasteiger partial charge in [0.05, 0.1) is 32.2 Å². The van der Waals surface area contributed by atoms with Crippen molar-refractivity contribution in [3.8, 4) is 0 Å². The van der Waals surface area contributed by atoms with Crippen molar-refractivity contribution in [2.45, 2.75) is 32.3 Å². The van der Waals surface area contributed by atoms with E-state index in [4.69, 9.17) is 9.47 Å². The van der Waals surface area contributed by atoms with E-state index < -0.39 is 6.10 Å². The van der Waals surface area contributed by atoms with Crippen LogP contribution in [0.25, 0.3) is 0 Å². The number of amides is 2. The maximum absolute atomic E-state index is 11.9. The first-order chi connectivity index (χ1) is 10.9. The van der Waals surface area contributed by atoms with Crippen molar-refractivity contribution in [3.63, 3.8) is 0 Å². The first-order valence-electron chi connectivity index (χ1n) is 7.58. The summed E-state index contributed by atoms with van der Waals surface area (Å²) in [5.74, 6) is -1.05. The Hall–Kier alpha value is -1.80. The van der Waals surface area contributed by atoms with Gasteiger partial charge in [-0.05, 0) is 6.92 Å². The lowest BCUT2D eigenvalue weighted by molar-refractivity contribution is -0.144. The molecule has 0 aromatic heterocycles. The van der Waals surface area contributed by atoms with Crippen molar-refractivity contribution in [1.29, 1.82) is 0 Å². The first kappa shape index (κ1) is 19.2. The van der Waals surface area contributed by atoms with Gasteiger partial charge in [0, 0.05) is 33.2 Å². The van der Waals surface area contributed by atoms with Crippen LogP contribution in [0.5, 0.6) is 0 Å². The Kier molecular flexibility index (Phi) is 8.42. The molecule has 0 saturated carbocycles. The number of rotatable bonds is 9. The van der Waals surface area contributed by atoms with E-state index in [0.29, 0.717) is 26.3 Å². The molecule has 1 rings (SSSR count). The molecule has 1 aliphatic rings. The summed E-state index contributed by atoms with van der Waals surface area (Å²) in [4.78, 5) is 47.8. The molecule has 0 aromatic carbocycles. The lowest BCUT2D eigenvalue weighted by Crippen LogP contribution is -2.46. The van der Waals surface area contributed by atoms with Gasteiger partial charge >= 0.3 is 0 Å². The summed E-state index contributed by atoms with van der Waals surface area (Å²) >= 11 is 0. The number of nitrogens with zero attached hydrogens (tertiary/aromatic N) is 1. The molecule has 1 atom stereocenters. The molecule has 8 nitrogen and oxygen atoms in total. The largest absolute Gasteiger partial charge is 0.383 e. The number of Topliss-reactive ketones (excluding diaryl/α,β-unsaturated/α-hetero) is 2. The van der Waals surface area contributed by atoms with Crippen LogP contribution in [0, 0.1) is 0 Å². The zero-order valence-electron chi connectivity index (χ0n) is 13.6. The fourth-order valence-electron chi connectivity index (χ4n) is 2.25. The molecule has 0 spiro atoms. The van der Waals surface area contributed by atoms with Crippen molar-refractivity contribution in [2.75, 3.05) is 40.0 Å². The SMILES string of the molecule is COCCNC(=O)CC(=O)CC1CN(C(=O)CC(C)=O)CCO1. The summed E-state index contributed by atoms with van der Waals surface area (Å²) in [5.41, 5.74) is 0. The highest BCUT2D eigenvalue weighted by Crippen LogP contribution is 2.11. The van der Waals surface area contributed by atoms with Crippen LogP contribution >= 0.6 is 0 Å². The monoisotopic (exact) mass is 328 g/mol. The quantitative estimate of drug-likeness (QED) is 0.444. The fourth-order valence-corrected chi connectivity index (χ4v) is 2.25. The van der Waals surface area contributed by atoms with Gasteiger partial charge in [-0.2, -0.15) is 0 Å². The van der Waals surface area contributed by atoms with Crippen LogP contribution in [-0.4, -0.2) is 74.3 Å². The van der Waals surface area contributed by atoms with Crippen LogP contribution in [0.3, 0.4) is 0 Å². The number of morpholine rings is 1. The number of hydrogen-bond donors (Lipinski definition) is 1. The molecule has 1 heterocycles. The Morgan fingerprint density at radius 2 is 2.00 bits per heavy atom. The van der Waals surface area contributed by atoms with Crippen molar-refractivity contribution >= 4 is 23.4 Å². The van der Waals surface area contributed by atoms with E-state index in [1.807, 2.05) is 0 Å². The van der Waals surface area contributed by atoms with E-state index in [2.05, 4.69) is 5.32 Å². The summed E-state index contributed by atoms with van der Waals surface area (Å²) < 4.78 is 10.3. The molecule has 0 bridgehead atoms. The normalized spacial score (nSPS) is 17.7. The second kappa shape index (κ2) is 10.1. The summed E-state index contributed by atoms with van der Waals surface area (Å²) in [6.45, 7) is 3.11. The molecular formula is C15H24N2O6. The molecule has 130 valence electrons. The Morgan fingerprint density at radius 1 is 1.26 bits per heavy atom. The summed E-state index contributed by atoms with van der Waals surface area (Å²) in [6.07, 6.45) is -0.714. The topological polar surface area (TPSA) is 102 Å². The number of ether oxygens (including phenoxy) is 2. The van der Waals surface area contributed by atoms with Gasteiger partial charge in [-0.1, -0.05) is 0 Å². The van der Waals surface area contributed by atoms with Crippen molar-refractivity contribution in [3.05, 3.63) is 0 Å². The molecule has 1 fully saturated rings. The molecule has 1 N–H and O–H groups in total. The van der Waals surface area contributed by atoms with Crippen LogP contribution < -0.4 is 5.32 Å². The highest BCUT2D eigenvalue weighted by atomic mass is 16.5. The van der Waals surface area contributed by atoms with Gasteiger partial charge in [-0.25, -0.2) is 0 Å². The highest BCUT2D eigenvalue weighted by Gasteiger charge is 2.26. The smallest absolute Gasteiger partial charge is 0.230 e. The lowest BCUT2D eigenvalue weighted by Gasteiger charge is -2.32. The third kappa shape index (κ3) is 7.85. The Bertz CT molecular complexity index is 451. The van der Waals surface area contributed by atoms with E-state index in [-0.39, 0.29) is 49.2 Å². The molecule has 23 heavy (non-hydrogen) atoms. The second-order valence-electron chi connectivity index (χ2n) is 5.47. The lowest BCUT2D eigenvalue weighted by atomic mass is 10.1. The molecule has 0 radical (unpaired) electrons. The fraction of sp³-hybridized carbons (Fsp3) is 0.733. The van der Waals surface area contributed by atoms with E-state index in [0.717, 1.165) is 0 Å². The number of hydrogen-bond acceptors (Lipinski definition) is 6. The zero-order chi connectivity index (χ0) is 17.2. The zero-order valence-corrected chi connectivity index (χ0v) is 13.6. The minimum Gasteiger partial charge on any atom is -0.383 e. The minimum absolute atomic E-state index is 0.0710. The van der Waals surface area contributed by atoms with Gasteiger partial charge in [0.15, 0.2) is 0 Å². The van der Waals surface area contributed by atoms with Gasteiger partial charge < -0.3 is 19.7 Å². The average Bonchev–Trinajstić information content (AvgIpc) is 2.46. The number of ketones is 2. The Labute approximate surface area is 135 Å². The van der Waals surface area contributed by atoms with Gasteiger partial charge in [-0.15, -0.1) is 0 Å². The van der Waals surface area contributed by atoms with Gasteiger partial charge in [-0.3, -0.25) is 19.2 Å². The molecule has 2 amide bonds. The maximum Gasteiger partial charge on any atom is 0.230 e. The molecular weight excluding hydrogens is 304 g/mol. The van der Waals surface area contributed by atoms with Crippen LogP contribution in [0.1, 0.15) is 26.2 Å². The average molecular weight is 328 g/mol. The number of nitrogens with one attached hydrogen (secondary N) is 1. The molecule has 8 heteroatoms. The number of carbonyl (C=O) groups is 4. The molecule has 0 aliphatic carbocycles. The van der Waals surface area contributed by atoms with E-state index in [9.17, 15) is 19.2 Å². The summed E-state index contributed by atoms with van der Waals surface area (Å²) in [6, 6.07) is 0. The van der Waals surface area contributed by atoms with Crippen LogP contribution in [0.2, 0.25) is 0 Å². The van der Waals surface area contributed by atoms with Crippen LogP contribution in [-0.2, 0) is 28.7 Å². The molecule has 1 aliphatic heterocycles. The molecule has 1 unspecified atom stereocenters. The predicted molar refractivity (Wildman–Crippen MR) is 80.7 cm³/mol. The first-order valence-corrected chi connectivity index (χ1v) is 7.58. The van der Waals surface area contributed by atoms with Crippen molar-refractivity contribution in [2.24, 2.45) is 0 Å². The van der Waals surface area contributed by atoms with Crippen molar-refractivity contribution in [1.82, 2.24) is 10.2 Å². The second-order valence-corrected chi connectivity index (χ2v) is 5.47. The van der Waals surface area contributed by atoms with Gasteiger partial charge in [0.1, 0.15) is 11.6 Å². The van der Waals surface area contributed by atoms with E-state index in [1.165, 1.54) is 18.9 Å². The molecule has 1 saturated heterocycles. The van der Waals surface area contributed by atoms with Gasteiger partial charge in [0.25, 0.3) is 0 Å². The van der Waals surface area contributed by atoms with Crippen LogP contribution in [0.4, 0.5) is 0 Å². The highest BCUT2D eigenvalue weighted by molar-refractivity contribution is 5.98. The van der Waals surface area contributed by atoms with E-state index >= 15 is 0 Å². The summed E-state index contributed by atoms with van der Waals surface area (Å²) in [7, 11) is 1.52. The third-order valence-electron chi connectivity index (χ3n) is 3.33. The van der Waals surface area contributed by atoms with Crippen LogP contribution in [0.15, 0.2) is 0 Å². The minimum atomic E-state index is -0.432. The summed E-state index contributed by atoms with van der Waals surface area (Å²) in [5, 5.41) is 2.57. The number of methoxy groups -OCH3 is 1. The van der Waals surface area contributed by atoms with Crippen molar-refractivity contribution < 1.29 is 28.7 Å². The Morgan fingerprint density at radius 3 is 2.65 bits per heavy atom. The third-order valence-corrected chi connectivity index (χ3v) is 3.33. The predicted octanol–water partition coefficient (Wildman–Crippen LogP) is -0.695. The van der Waals surface area contributed by atoms with E-state index in [1.54, 1.807) is 0 Å². The number of carbonyl (C=O) groups excluding carboxylic acids is 4. The van der Waals surface area contributed by atoms with Gasteiger partial charge in [0.2, 0.25) is 11.8 Å². The maximum atomic E-state index is 11.9. The molecule has 0 aromatic rings.